The zero-order valence-corrected chi connectivity index (χ0v) is 8.01. The van der Waals surface area contributed by atoms with Gasteiger partial charge in [0.1, 0.15) is 6.04 Å². The number of nitrogens with one attached hydrogen (secondary N) is 2. The van der Waals surface area contributed by atoms with Crippen molar-refractivity contribution in [3.63, 3.8) is 0 Å². The fraction of sp³-hybridized carbons (Fsp3) is 0.625. The largest absolute Gasteiger partial charge is 0.298 e. The van der Waals surface area contributed by atoms with Gasteiger partial charge in [-0.3, -0.25) is 19.8 Å². The molecular formula is C8H14N2O3. The van der Waals surface area contributed by atoms with E-state index >= 15 is 0 Å². The highest BCUT2D eigenvalue weighted by atomic mass is 16.2. The molecule has 5 nitrogen and oxygen atoms in total. The summed E-state index contributed by atoms with van der Waals surface area (Å²) >= 11 is 0. The second kappa shape index (κ2) is 5.42. The maximum absolute atomic E-state index is 10.9. The average molecular weight is 186 g/mol. The number of amides is 1. The minimum Gasteiger partial charge on any atom is -0.298 e. The molecule has 5 heteroatoms. The summed E-state index contributed by atoms with van der Waals surface area (Å²) in [6.07, 6.45) is 0.301. The molecule has 0 atom stereocenters. The van der Waals surface area contributed by atoms with Crippen LogP contribution in [0.25, 0.3) is 0 Å². The first-order valence-corrected chi connectivity index (χ1v) is 4.04. The number of carbonyl (C=O) groups is 3. The van der Waals surface area contributed by atoms with E-state index < -0.39 is 6.04 Å². The summed E-state index contributed by atoms with van der Waals surface area (Å²) in [6.45, 7) is 4.25. The molecule has 0 aliphatic heterocycles. The molecular weight excluding hydrogens is 172 g/mol. The summed E-state index contributed by atoms with van der Waals surface area (Å²) < 4.78 is 0. The minimum absolute atomic E-state index is 0.257. The lowest BCUT2D eigenvalue weighted by Crippen LogP contribution is -2.50. The summed E-state index contributed by atoms with van der Waals surface area (Å²) in [7, 11) is 0. The van der Waals surface area contributed by atoms with Crippen molar-refractivity contribution in [3.05, 3.63) is 0 Å². The quantitative estimate of drug-likeness (QED) is 0.451. The van der Waals surface area contributed by atoms with Gasteiger partial charge >= 0.3 is 0 Å². The number of Topliss-reactive ketones (excluding diaryl/α,β-unsaturated/α-hetero) is 2. The van der Waals surface area contributed by atoms with Crippen molar-refractivity contribution in [1.29, 1.82) is 0 Å². The molecule has 13 heavy (non-hydrogen) atoms. The Morgan fingerprint density at radius 1 is 1.15 bits per heavy atom. The summed E-state index contributed by atoms with van der Waals surface area (Å²) in [5, 5.41) is 0. The second-order valence-corrected chi connectivity index (χ2v) is 2.70. The van der Waals surface area contributed by atoms with Crippen LogP contribution >= 0.6 is 0 Å². The van der Waals surface area contributed by atoms with E-state index in [0.29, 0.717) is 6.42 Å². The highest BCUT2D eigenvalue weighted by Crippen LogP contribution is 1.86. The number of hydrazine groups is 1. The van der Waals surface area contributed by atoms with Gasteiger partial charge in [-0.2, -0.15) is 0 Å². The van der Waals surface area contributed by atoms with Crippen molar-refractivity contribution < 1.29 is 14.4 Å². The monoisotopic (exact) mass is 186 g/mol. The lowest BCUT2D eigenvalue weighted by Gasteiger charge is -2.12. The maximum Gasteiger partial charge on any atom is 0.233 e. The van der Waals surface area contributed by atoms with Crippen molar-refractivity contribution in [2.24, 2.45) is 0 Å². The number of carbonyl (C=O) groups excluding carboxylic acids is 3. The number of ketones is 2. The highest BCUT2D eigenvalue weighted by molar-refractivity contribution is 6.04. The van der Waals surface area contributed by atoms with Crippen molar-refractivity contribution in [2.45, 2.75) is 33.2 Å². The Morgan fingerprint density at radius 3 is 1.92 bits per heavy atom. The van der Waals surface area contributed by atoms with Gasteiger partial charge in [-0.15, -0.1) is 0 Å². The van der Waals surface area contributed by atoms with E-state index in [1.54, 1.807) is 6.92 Å². The number of rotatable bonds is 5. The van der Waals surface area contributed by atoms with Gasteiger partial charge in [0, 0.05) is 6.42 Å². The molecule has 0 aromatic heterocycles. The standard InChI is InChI=1S/C8H14N2O3/c1-4-7(13)9-10-8(5(2)11)6(3)12/h8,10H,4H2,1-3H3,(H,9,13). The molecule has 0 radical (unpaired) electrons. The first-order chi connectivity index (χ1) is 5.99. The summed E-state index contributed by atoms with van der Waals surface area (Å²) in [4.78, 5) is 32.5. The van der Waals surface area contributed by atoms with Gasteiger partial charge in [-0.05, 0) is 13.8 Å². The normalized spacial score (nSPS) is 9.85. The second-order valence-electron chi connectivity index (χ2n) is 2.70. The fourth-order valence-corrected chi connectivity index (χ4v) is 0.731. The molecule has 1 amide bonds. The summed E-state index contributed by atoms with van der Waals surface area (Å²) in [6, 6.07) is -0.935. The smallest absolute Gasteiger partial charge is 0.233 e. The zero-order chi connectivity index (χ0) is 10.4. The van der Waals surface area contributed by atoms with Crippen LogP contribution in [0.1, 0.15) is 27.2 Å². The van der Waals surface area contributed by atoms with Gasteiger partial charge in [0.25, 0.3) is 0 Å². The Morgan fingerprint density at radius 2 is 1.62 bits per heavy atom. The summed E-state index contributed by atoms with van der Waals surface area (Å²) in [5.41, 5.74) is 4.64. The van der Waals surface area contributed by atoms with Crippen molar-refractivity contribution in [2.75, 3.05) is 0 Å². The first kappa shape index (κ1) is 11.8. The molecule has 0 unspecified atom stereocenters. The first-order valence-electron chi connectivity index (χ1n) is 4.04. The van der Waals surface area contributed by atoms with E-state index in [0.717, 1.165) is 0 Å². The van der Waals surface area contributed by atoms with Crippen molar-refractivity contribution >= 4 is 17.5 Å². The zero-order valence-electron chi connectivity index (χ0n) is 8.01. The highest BCUT2D eigenvalue weighted by Gasteiger charge is 2.18. The van der Waals surface area contributed by atoms with E-state index in [1.807, 2.05) is 0 Å². The molecule has 0 fully saturated rings. The molecule has 0 bridgehead atoms. The van der Waals surface area contributed by atoms with Crippen LogP contribution in [0.15, 0.2) is 0 Å². The third-order valence-corrected chi connectivity index (χ3v) is 1.49. The third kappa shape index (κ3) is 4.37. The topological polar surface area (TPSA) is 75.3 Å². The van der Waals surface area contributed by atoms with Crippen molar-refractivity contribution in [1.82, 2.24) is 10.9 Å². The Hall–Kier alpha value is -1.23. The Bertz CT molecular complexity index is 211. The van der Waals surface area contributed by atoms with Crippen LogP contribution in [0.3, 0.4) is 0 Å². The van der Waals surface area contributed by atoms with Crippen molar-refractivity contribution in [3.8, 4) is 0 Å². The van der Waals surface area contributed by atoms with Crippen LogP contribution in [0.2, 0.25) is 0 Å². The van der Waals surface area contributed by atoms with Gasteiger partial charge in [0.15, 0.2) is 11.6 Å². The predicted molar refractivity (Wildman–Crippen MR) is 46.7 cm³/mol. The fourth-order valence-electron chi connectivity index (χ4n) is 0.731. The van der Waals surface area contributed by atoms with Crippen LogP contribution in [0, 0.1) is 0 Å². The molecule has 0 aromatic carbocycles. The number of hydrogen-bond acceptors (Lipinski definition) is 4. The van der Waals surface area contributed by atoms with Crippen LogP contribution in [0.5, 0.6) is 0 Å². The predicted octanol–water partition coefficient (Wildman–Crippen LogP) is -0.436. The molecule has 0 aromatic rings. The molecule has 74 valence electrons. The molecule has 0 heterocycles. The Kier molecular flexibility index (Phi) is 4.91. The van der Waals surface area contributed by atoms with E-state index in [-0.39, 0.29) is 17.5 Å². The van der Waals surface area contributed by atoms with Gasteiger partial charge in [-0.25, -0.2) is 5.43 Å². The minimum atomic E-state index is -0.935. The Labute approximate surface area is 76.8 Å². The van der Waals surface area contributed by atoms with Gasteiger partial charge in [-0.1, -0.05) is 6.92 Å². The number of hydrogen-bond donors (Lipinski definition) is 2. The van der Waals surface area contributed by atoms with E-state index in [2.05, 4.69) is 10.9 Å². The van der Waals surface area contributed by atoms with E-state index in [1.165, 1.54) is 13.8 Å². The SMILES string of the molecule is CCC(=O)NNC(C(C)=O)C(C)=O. The lowest BCUT2D eigenvalue weighted by molar-refractivity contribution is -0.129. The lowest BCUT2D eigenvalue weighted by atomic mass is 10.1. The molecule has 0 spiro atoms. The maximum atomic E-state index is 10.9. The molecule has 0 aliphatic rings. The Balaban J connectivity index is 4.05. The van der Waals surface area contributed by atoms with Crippen LogP contribution in [-0.2, 0) is 14.4 Å². The van der Waals surface area contributed by atoms with Gasteiger partial charge < -0.3 is 0 Å². The van der Waals surface area contributed by atoms with Crippen LogP contribution in [-0.4, -0.2) is 23.5 Å². The summed E-state index contributed by atoms with van der Waals surface area (Å²) in [5.74, 6) is -0.889. The van der Waals surface area contributed by atoms with E-state index in [9.17, 15) is 14.4 Å². The van der Waals surface area contributed by atoms with Crippen LogP contribution < -0.4 is 10.9 Å². The molecule has 0 saturated heterocycles. The van der Waals surface area contributed by atoms with E-state index in [4.69, 9.17) is 0 Å². The molecule has 0 saturated carbocycles. The molecule has 0 rings (SSSR count). The third-order valence-electron chi connectivity index (χ3n) is 1.49. The molecule has 2 N–H and O–H groups in total. The van der Waals surface area contributed by atoms with Crippen LogP contribution in [0.4, 0.5) is 0 Å². The molecule has 0 aliphatic carbocycles. The van der Waals surface area contributed by atoms with Gasteiger partial charge in [0.05, 0.1) is 0 Å². The average Bonchev–Trinajstić information content (AvgIpc) is 2.03. The van der Waals surface area contributed by atoms with Gasteiger partial charge in [0.2, 0.25) is 5.91 Å².